The molecule has 1 atom stereocenters. The highest BCUT2D eigenvalue weighted by molar-refractivity contribution is 7.99. The van der Waals surface area contributed by atoms with E-state index in [2.05, 4.69) is 45.0 Å². The van der Waals surface area contributed by atoms with Crippen molar-refractivity contribution in [1.29, 1.82) is 0 Å². The van der Waals surface area contributed by atoms with E-state index in [0.717, 1.165) is 53.6 Å². The molecule has 0 saturated carbocycles. The molecule has 6 rings (SSSR count). The first kappa shape index (κ1) is 22.5. The first-order valence-electron chi connectivity index (χ1n) is 11.7. The summed E-state index contributed by atoms with van der Waals surface area (Å²) < 4.78 is 0. The Morgan fingerprint density at radius 2 is 1.91 bits per heavy atom. The number of pyridine rings is 2. The van der Waals surface area contributed by atoms with Gasteiger partial charge in [0.2, 0.25) is 0 Å². The summed E-state index contributed by atoms with van der Waals surface area (Å²) in [5.41, 5.74) is 18.3. The van der Waals surface area contributed by atoms with E-state index in [1.807, 2.05) is 24.4 Å². The number of hydrogen-bond donors (Lipinski definition) is 2. The van der Waals surface area contributed by atoms with Crippen LogP contribution in [-0.2, 0) is 6.42 Å². The van der Waals surface area contributed by atoms with Crippen LogP contribution in [0.25, 0.3) is 11.2 Å². The van der Waals surface area contributed by atoms with Crippen molar-refractivity contribution in [3.63, 3.8) is 0 Å². The summed E-state index contributed by atoms with van der Waals surface area (Å²) in [6.07, 6.45) is 6.63. The first-order chi connectivity index (χ1) is 16.9. The lowest BCUT2D eigenvalue weighted by Gasteiger charge is -2.42. The Labute approximate surface area is 213 Å². The number of fused-ring (bicyclic) bond motifs is 2. The van der Waals surface area contributed by atoms with E-state index in [9.17, 15) is 0 Å². The van der Waals surface area contributed by atoms with Gasteiger partial charge in [-0.1, -0.05) is 41.6 Å². The van der Waals surface area contributed by atoms with Gasteiger partial charge < -0.3 is 16.4 Å². The number of nitrogens with zero attached hydrogens (tertiary/aromatic N) is 5. The number of rotatable bonds is 3. The number of nitrogens with two attached hydrogens (primary N) is 2. The predicted molar refractivity (Wildman–Crippen MR) is 141 cm³/mol. The minimum Gasteiger partial charge on any atom is -0.382 e. The van der Waals surface area contributed by atoms with Crippen LogP contribution >= 0.6 is 23.4 Å². The predicted octanol–water partition coefficient (Wildman–Crippen LogP) is 4.96. The molecule has 0 unspecified atom stereocenters. The van der Waals surface area contributed by atoms with Crippen LogP contribution in [-0.4, -0.2) is 33.0 Å². The fourth-order valence-electron chi connectivity index (χ4n) is 5.44. The maximum atomic E-state index is 6.79. The van der Waals surface area contributed by atoms with E-state index < -0.39 is 0 Å². The van der Waals surface area contributed by atoms with Gasteiger partial charge in [0, 0.05) is 30.2 Å². The van der Waals surface area contributed by atoms with E-state index in [0.29, 0.717) is 16.5 Å². The molecule has 4 aromatic rings. The monoisotopic (exact) mass is 503 g/mol. The van der Waals surface area contributed by atoms with Crippen molar-refractivity contribution >= 4 is 46.2 Å². The van der Waals surface area contributed by atoms with Gasteiger partial charge >= 0.3 is 0 Å². The zero-order valence-electron chi connectivity index (χ0n) is 19.4. The fraction of sp³-hybridized carbons (Fsp3) is 0.308. The molecule has 1 aliphatic carbocycles. The number of hydrogen-bond acceptors (Lipinski definition) is 8. The summed E-state index contributed by atoms with van der Waals surface area (Å²) >= 11 is 7.71. The Balaban J connectivity index is 1.18. The molecule has 0 radical (unpaired) electrons. The van der Waals surface area contributed by atoms with Crippen molar-refractivity contribution < 1.29 is 0 Å². The standard InChI is InChI=1S/C26H26ClN7S/c1-15-3-2-4-16-17(15)13-26(23(16)28)8-11-34(12-9-26)20-14-31-25-18(32-20)5-6-21(33-25)35-19-7-10-30-24(29)22(19)27/h2-7,10,14,23H,8-9,11-13,28H2,1H3,(H2,29,30)/t23-/m0/s1. The summed E-state index contributed by atoms with van der Waals surface area (Å²) in [4.78, 5) is 21.3. The van der Waals surface area contributed by atoms with Gasteiger partial charge in [-0.3, -0.25) is 0 Å². The molecule has 0 amide bonds. The third kappa shape index (κ3) is 3.90. The molecule has 2 aliphatic rings. The van der Waals surface area contributed by atoms with E-state index in [1.165, 1.54) is 28.5 Å². The molecular formula is C26H26ClN7S. The SMILES string of the molecule is Cc1cccc2c1CC1(CCN(c3cnc4nc(Sc5ccnc(N)c5Cl)ccc4n3)CC1)[C@H]2N. The van der Waals surface area contributed by atoms with Crippen LogP contribution in [0.3, 0.4) is 0 Å². The largest absolute Gasteiger partial charge is 0.382 e. The van der Waals surface area contributed by atoms with Gasteiger partial charge in [-0.2, -0.15) is 0 Å². The zero-order valence-corrected chi connectivity index (χ0v) is 21.0. The van der Waals surface area contributed by atoms with E-state index >= 15 is 0 Å². The van der Waals surface area contributed by atoms with Crippen molar-refractivity contribution in [3.05, 3.63) is 70.5 Å². The van der Waals surface area contributed by atoms with Gasteiger partial charge in [0.1, 0.15) is 22.2 Å². The molecule has 1 aliphatic heterocycles. The van der Waals surface area contributed by atoms with Crippen LogP contribution in [0.5, 0.6) is 0 Å². The first-order valence-corrected chi connectivity index (χ1v) is 12.9. The minimum atomic E-state index is 0.103. The highest BCUT2D eigenvalue weighted by Crippen LogP contribution is 2.51. The number of anilines is 2. The molecule has 0 bridgehead atoms. The van der Waals surface area contributed by atoms with Crippen molar-refractivity contribution in [1.82, 2.24) is 19.9 Å². The molecule has 1 fully saturated rings. The Morgan fingerprint density at radius 3 is 2.71 bits per heavy atom. The average Bonchev–Trinajstić information content (AvgIpc) is 3.14. The quantitative estimate of drug-likeness (QED) is 0.404. The summed E-state index contributed by atoms with van der Waals surface area (Å²) in [6.45, 7) is 4.04. The molecule has 4 N–H and O–H groups in total. The topological polar surface area (TPSA) is 107 Å². The molecule has 35 heavy (non-hydrogen) atoms. The summed E-state index contributed by atoms with van der Waals surface area (Å²) in [6, 6.07) is 12.4. The molecule has 1 spiro atoms. The van der Waals surface area contributed by atoms with Crippen LogP contribution in [0, 0.1) is 12.3 Å². The van der Waals surface area contributed by atoms with E-state index in [-0.39, 0.29) is 11.5 Å². The smallest absolute Gasteiger partial charge is 0.179 e. The van der Waals surface area contributed by atoms with E-state index in [1.54, 1.807) is 6.20 Å². The highest BCUT2D eigenvalue weighted by Gasteiger charge is 2.46. The molecule has 178 valence electrons. The van der Waals surface area contributed by atoms with Crippen LogP contribution in [0.2, 0.25) is 5.02 Å². The average molecular weight is 504 g/mol. The van der Waals surface area contributed by atoms with Gasteiger partial charge in [-0.05, 0) is 66.5 Å². The third-order valence-corrected chi connectivity index (χ3v) is 9.02. The second-order valence-electron chi connectivity index (χ2n) is 9.48. The maximum Gasteiger partial charge on any atom is 0.179 e. The molecule has 9 heteroatoms. The van der Waals surface area contributed by atoms with E-state index in [4.69, 9.17) is 28.1 Å². The Hall–Kier alpha value is -2.94. The number of aryl methyl sites for hydroxylation is 1. The number of halogens is 1. The summed E-state index contributed by atoms with van der Waals surface area (Å²) in [5, 5.41) is 1.21. The second kappa shape index (κ2) is 8.62. The normalized spacial score (nSPS) is 18.8. The maximum absolute atomic E-state index is 6.79. The number of benzene rings is 1. The van der Waals surface area contributed by atoms with Gasteiger partial charge in [-0.15, -0.1) is 0 Å². The van der Waals surface area contributed by atoms with Gasteiger partial charge in [0.25, 0.3) is 0 Å². The molecule has 1 aromatic carbocycles. The Morgan fingerprint density at radius 1 is 1.09 bits per heavy atom. The minimum absolute atomic E-state index is 0.103. The lowest BCUT2D eigenvalue weighted by atomic mass is 9.73. The second-order valence-corrected chi connectivity index (χ2v) is 10.9. The number of nitrogen functional groups attached to an aromatic ring is 1. The molecule has 3 aromatic heterocycles. The van der Waals surface area contributed by atoms with Crippen LogP contribution in [0.4, 0.5) is 11.6 Å². The Kier molecular flexibility index (Phi) is 5.55. The fourth-order valence-corrected chi connectivity index (χ4v) is 6.48. The highest BCUT2D eigenvalue weighted by atomic mass is 35.5. The van der Waals surface area contributed by atoms with Crippen LogP contribution in [0.15, 0.2) is 58.7 Å². The number of piperidine rings is 1. The summed E-state index contributed by atoms with van der Waals surface area (Å²) in [5.74, 6) is 1.20. The zero-order chi connectivity index (χ0) is 24.2. The van der Waals surface area contributed by atoms with Crippen molar-refractivity contribution in [2.45, 2.75) is 42.1 Å². The molecule has 7 nitrogen and oxygen atoms in total. The molecule has 4 heterocycles. The van der Waals surface area contributed by atoms with Crippen LogP contribution in [0.1, 0.15) is 35.6 Å². The summed E-state index contributed by atoms with van der Waals surface area (Å²) in [7, 11) is 0. The van der Waals surface area contributed by atoms with Crippen molar-refractivity contribution in [2.75, 3.05) is 23.7 Å². The number of aromatic nitrogens is 4. The van der Waals surface area contributed by atoms with Crippen LogP contribution < -0.4 is 16.4 Å². The van der Waals surface area contributed by atoms with Gasteiger partial charge in [0.05, 0.1) is 11.2 Å². The molecular weight excluding hydrogens is 478 g/mol. The lowest BCUT2D eigenvalue weighted by Crippen LogP contribution is -2.44. The molecule has 1 saturated heterocycles. The van der Waals surface area contributed by atoms with Gasteiger partial charge in [-0.25, -0.2) is 19.9 Å². The lowest BCUT2D eigenvalue weighted by molar-refractivity contribution is 0.187. The van der Waals surface area contributed by atoms with Crippen molar-refractivity contribution in [2.24, 2.45) is 11.1 Å². The third-order valence-electron chi connectivity index (χ3n) is 7.51. The van der Waals surface area contributed by atoms with Gasteiger partial charge in [0.15, 0.2) is 5.65 Å². The van der Waals surface area contributed by atoms with Crippen molar-refractivity contribution in [3.8, 4) is 0 Å². The Bertz CT molecular complexity index is 1430.